The number of ether oxygens (including phenoxy) is 1. The molecule has 5 nitrogen and oxygen atoms in total. The molecule has 1 atom stereocenters. The van der Waals surface area contributed by atoms with Crippen LogP contribution in [0.4, 0.5) is 5.69 Å². The maximum Gasteiger partial charge on any atom is 0.262 e. The summed E-state index contributed by atoms with van der Waals surface area (Å²) >= 11 is 0. The van der Waals surface area contributed by atoms with Gasteiger partial charge in [-0.15, -0.1) is 6.42 Å². The van der Waals surface area contributed by atoms with E-state index in [1.165, 1.54) is 0 Å². The molecule has 2 aliphatic carbocycles. The summed E-state index contributed by atoms with van der Waals surface area (Å²) in [7, 11) is 0. The molecule has 5 heteroatoms. The van der Waals surface area contributed by atoms with Gasteiger partial charge < -0.3 is 15.0 Å². The minimum atomic E-state index is -0.170. The molecule has 1 heterocycles. The van der Waals surface area contributed by atoms with Gasteiger partial charge >= 0.3 is 0 Å². The van der Waals surface area contributed by atoms with Crippen molar-refractivity contribution in [2.75, 3.05) is 18.5 Å². The van der Waals surface area contributed by atoms with Crippen LogP contribution in [0.25, 0.3) is 0 Å². The van der Waals surface area contributed by atoms with E-state index in [9.17, 15) is 9.59 Å². The zero-order valence-corrected chi connectivity index (χ0v) is 13.0. The Balaban J connectivity index is 1.60. The summed E-state index contributed by atoms with van der Waals surface area (Å²) in [5, 5.41) is 2.80. The lowest BCUT2D eigenvalue weighted by Crippen LogP contribution is -2.37. The first kappa shape index (κ1) is 14.1. The number of fused-ring (bicyclic) bond motifs is 2. The largest absolute Gasteiger partial charge is 0.482 e. The number of hydrogen-bond acceptors (Lipinski definition) is 3. The SMILES string of the molecule is C#CCN(C(=O)C12CC1C2)C(C)c1ccc2c(c1)NC(=O)CO2. The van der Waals surface area contributed by atoms with Crippen LogP contribution in [-0.2, 0) is 9.59 Å². The molecule has 1 aliphatic heterocycles. The van der Waals surface area contributed by atoms with Crippen molar-refractivity contribution in [2.24, 2.45) is 11.3 Å². The molecule has 3 aliphatic rings. The second kappa shape index (κ2) is 4.76. The molecule has 0 spiro atoms. The monoisotopic (exact) mass is 310 g/mol. The number of terminal acetylenes is 1. The molecule has 1 aromatic rings. The Morgan fingerprint density at radius 2 is 2.30 bits per heavy atom. The van der Waals surface area contributed by atoms with E-state index in [1.54, 1.807) is 4.90 Å². The first-order valence-electron chi connectivity index (χ1n) is 7.86. The van der Waals surface area contributed by atoms with E-state index in [4.69, 9.17) is 11.2 Å². The van der Waals surface area contributed by atoms with Crippen LogP contribution in [0.5, 0.6) is 5.75 Å². The van der Waals surface area contributed by atoms with Gasteiger partial charge in [-0.2, -0.15) is 0 Å². The van der Waals surface area contributed by atoms with Crippen molar-refractivity contribution in [1.82, 2.24) is 4.90 Å². The van der Waals surface area contributed by atoms with Gasteiger partial charge in [-0.25, -0.2) is 0 Å². The number of carbonyl (C=O) groups is 2. The summed E-state index contributed by atoms with van der Waals surface area (Å²) in [6.45, 7) is 2.31. The lowest BCUT2D eigenvalue weighted by molar-refractivity contribution is -0.136. The highest BCUT2D eigenvalue weighted by Gasteiger charge is 2.75. The Morgan fingerprint density at radius 3 is 2.96 bits per heavy atom. The highest BCUT2D eigenvalue weighted by molar-refractivity contribution is 5.95. The van der Waals surface area contributed by atoms with Crippen LogP contribution in [0.1, 0.15) is 31.4 Å². The molecule has 2 fully saturated rings. The second-order valence-electron chi connectivity index (χ2n) is 6.67. The van der Waals surface area contributed by atoms with Crippen molar-refractivity contribution in [3.8, 4) is 18.1 Å². The predicted octanol–water partition coefficient (Wildman–Crippen LogP) is 1.95. The zero-order chi connectivity index (χ0) is 16.2. The average Bonchev–Trinajstić information content (AvgIpc) is 3.40. The number of nitrogens with one attached hydrogen (secondary N) is 1. The molecule has 4 rings (SSSR count). The van der Waals surface area contributed by atoms with Crippen LogP contribution < -0.4 is 10.1 Å². The molecule has 1 N–H and O–H groups in total. The van der Waals surface area contributed by atoms with Crippen molar-refractivity contribution < 1.29 is 14.3 Å². The van der Waals surface area contributed by atoms with Gasteiger partial charge in [0.1, 0.15) is 5.75 Å². The van der Waals surface area contributed by atoms with Crippen molar-refractivity contribution in [2.45, 2.75) is 25.8 Å². The Morgan fingerprint density at radius 1 is 1.57 bits per heavy atom. The minimum Gasteiger partial charge on any atom is -0.482 e. The van der Waals surface area contributed by atoms with Crippen LogP contribution >= 0.6 is 0 Å². The first-order valence-corrected chi connectivity index (χ1v) is 7.86. The number of hydrogen-bond donors (Lipinski definition) is 1. The van der Waals surface area contributed by atoms with Crippen molar-refractivity contribution >= 4 is 17.5 Å². The van der Waals surface area contributed by atoms with Gasteiger partial charge in [-0.3, -0.25) is 9.59 Å². The van der Waals surface area contributed by atoms with E-state index in [-0.39, 0.29) is 29.9 Å². The maximum atomic E-state index is 12.8. The standard InChI is InChI=1S/C18H18N2O3/c1-3-6-20(17(22)18-8-13(18)9-18)11(2)12-4-5-15-14(7-12)19-16(21)10-23-15/h1,4-5,7,11,13H,6,8-10H2,2H3,(H,19,21). The van der Waals surface area contributed by atoms with Crippen LogP contribution in [0.15, 0.2) is 18.2 Å². The topological polar surface area (TPSA) is 58.6 Å². The summed E-state index contributed by atoms with van der Waals surface area (Å²) in [5.41, 5.74) is 1.48. The van der Waals surface area contributed by atoms with Gasteiger partial charge in [0.15, 0.2) is 6.61 Å². The lowest BCUT2D eigenvalue weighted by atomic mass is 10.0. The normalized spacial score (nSPS) is 27.5. The fourth-order valence-corrected chi connectivity index (χ4v) is 3.36. The molecular formula is C18H18N2O3. The number of anilines is 1. The van der Waals surface area contributed by atoms with E-state index in [0.29, 0.717) is 23.9 Å². The van der Waals surface area contributed by atoms with Gasteiger partial charge in [0, 0.05) is 0 Å². The van der Waals surface area contributed by atoms with E-state index < -0.39 is 0 Å². The smallest absolute Gasteiger partial charge is 0.262 e. The molecule has 23 heavy (non-hydrogen) atoms. The van der Waals surface area contributed by atoms with Crippen LogP contribution in [-0.4, -0.2) is 29.9 Å². The Hall–Kier alpha value is -2.48. The third kappa shape index (κ3) is 2.17. The van der Waals surface area contributed by atoms with Crippen LogP contribution in [0.3, 0.4) is 0 Å². The first-order chi connectivity index (χ1) is 11.0. The fraction of sp³-hybridized carbons (Fsp3) is 0.444. The summed E-state index contributed by atoms with van der Waals surface area (Å²) in [6, 6.07) is 5.48. The molecule has 2 amide bonds. The van der Waals surface area contributed by atoms with Crippen LogP contribution in [0.2, 0.25) is 0 Å². The number of benzene rings is 1. The molecule has 1 unspecified atom stereocenters. The molecule has 0 aromatic heterocycles. The molecule has 118 valence electrons. The van der Waals surface area contributed by atoms with Crippen molar-refractivity contribution in [3.63, 3.8) is 0 Å². The summed E-state index contributed by atoms with van der Waals surface area (Å²) in [6.07, 6.45) is 7.48. The molecule has 2 saturated carbocycles. The summed E-state index contributed by atoms with van der Waals surface area (Å²) in [4.78, 5) is 26.0. The van der Waals surface area contributed by atoms with E-state index in [1.807, 2.05) is 25.1 Å². The van der Waals surface area contributed by atoms with Gasteiger partial charge in [-0.1, -0.05) is 12.0 Å². The second-order valence-corrected chi connectivity index (χ2v) is 6.67. The predicted molar refractivity (Wildman–Crippen MR) is 84.7 cm³/mol. The molecule has 1 aromatic carbocycles. The quantitative estimate of drug-likeness (QED) is 0.865. The Kier molecular flexibility index (Phi) is 2.92. The highest BCUT2D eigenvalue weighted by atomic mass is 16.5. The van der Waals surface area contributed by atoms with Gasteiger partial charge in [0.05, 0.1) is 23.7 Å². The number of carbonyl (C=O) groups excluding carboxylic acids is 2. The van der Waals surface area contributed by atoms with Crippen LogP contribution in [0, 0.1) is 23.7 Å². The third-order valence-electron chi connectivity index (χ3n) is 5.22. The van der Waals surface area contributed by atoms with Crippen molar-refractivity contribution in [3.05, 3.63) is 23.8 Å². The van der Waals surface area contributed by atoms with Gasteiger partial charge in [0.2, 0.25) is 5.91 Å². The van der Waals surface area contributed by atoms with Crippen molar-refractivity contribution in [1.29, 1.82) is 0 Å². The van der Waals surface area contributed by atoms with E-state index in [0.717, 1.165) is 18.4 Å². The van der Waals surface area contributed by atoms with E-state index in [2.05, 4.69) is 11.2 Å². The molecule has 0 saturated heterocycles. The highest BCUT2D eigenvalue weighted by Crippen LogP contribution is 2.76. The number of amides is 2. The van der Waals surface area contributed by atoms with Gasteiger partial charge in [0.25, 0.3) is 5.91 Å². The molecule has 0 bridgehead atoms. The average molecular weight is 310 g/mol. The summed E-state index contributed by atoms with van der Waals surface area (Å²) in [5.74, 6) is 3.83. The van der Waals surface area contributed by atoms with E-state index >= 15 is 0 Å². The third-order valence-corrected chi connectivity index (χ3v) is 5.22. The zero-order valence-electron chi connectivity index (χ0n) is 13.0. The fourth-order valence-electron chi connectivity index (χ4n) is 3.36. The maximum absolute atomic E-state index is 12.8. The Bertz CT molecular complexity index is 743. The lowest BCUT2D eigenvalue weighted by Gasteiger charge is -2.30. The molecule has 0 radical (unpaired) electrons. The van der Waals surface area contributed by atoms with Gasteiger partial charge in [-0.05, 0) is 43.4 Å². The Labute approximate surface area is 135 Å². The summed E-state index contributed by atoms with van der Waals surface area (Å²) < 4.78 is 5.37. The number of nitrogens with zero attached hydrogens (tertiary/aromatic N) is 1. The minimum absolute atomic E-state index is 0.0352. The number of rotatable bonds is 4. The molecular weight excluding hydrogens is 292 g/mol.